The average molecular weight is 416 g/mol. The minimum absolute atomic E-state index is 0.156. The van der Waals surface area contributed by atoms with Crippen molar-refractivity contribution in [1.29, 1.82) is 0 Å². The number of hydrogen-bond acceptors (Lipinski definition) is 2. The Kier molecular flexibility index (Phi) is 5.90. The van der Waals surface area contributed by atoms with Gasteiger partial charge >= 0.3 is 0 Å². The Morgan fingerprint density at radius 3 is 2.43 bits per heavy atom. The third kappa shape index (κ3) is 4.59. The predicted octanol–water partition coefficient (Wildman–Crippen LogP) is 5.23. The minimum Gasteiger partial charge on any atom is -0.304 e. The van der Waals surface area contributed by atoms with Crippen molar-refractivity contribution >= 4 is 31.9 Å². The number of nitrogens with zero attached hydrogens (tertiary/aromatic N) is 1. The van der Waals surface area contributed by atoms with Crippen LogP contribution in [0.1, 0.15) is 31.1 Å². The number of aromatic nitrogens is 1. The van der Waals surface area contributed by atoms with E-state index in [1.807, 2.05) is 18.2 Å². The molecule has 0 bridgehead atoms. The Morgan fingerprint density at radius 2 is 1.86 bits per heavy atom. The van der Waals surface area contributed by atoms with E-state index in [0.717, 1.165) is 20.2 Å². The highest BCUT2D eigenvalue weighted by Gasteiger charge is 2.16. The lowest BCUT2D eigenvalue weighted by atomic mass is 9.96. The van der Waals surface area contributed by atoms with Gasteiger partial charge in [0, 0.05) is 27.7 Å². The monoisotopic (exact) mass is 414 g/mol. The Morgan fingerprint density at radius 1 is 1.19 bits per heavy atom. The third-order valence-electron chi connectivity index (χ3n) is 3.27. The maximum Gasteiger partial charge on any atom is 0.123 e. The van der Waals surface area contributed by atoms with E-state index < -0.39 is 0 Å². The Balaban J connectivity index is 2.12. The number of benzene rings is 1. The van der Waals surface area contributed by atoms with Gasteiger partial charge < -0.3 is 5.32 Å². The molecule has 0 saturated heterocycles. The fraction of sp³-hybridized carbons (Fsp3) is 0.312. The molecule has 0 fully saturated rings. The standard InChI is InChI=1S/C16H17Br2FN2/c1-10(2)16(11-3-5-13(19)6-4-11)21-9-15-14(18)7-12(17)8-20-15/h3-8,10,16,21H,9H2,1-2H3. The summed E-state index contributed by atoms with van der Waals surface area (Å²) in [5.41, 5.74) is 2.03. The van der Waals surface area contributed by atoms with E-state index in [9.17, 15) is 4.39 Å². The van der Waals surface area contributed by atoms with Crippen molar-refractivity contribution in [3.63, 3.8) is 0 Å². The topological polar surface area (TPSA) is 24.9 Å². The summed E-state index contributed by atoms with van der Waals surface area (Å²) in [7, 11) is 0. The van der Waals surface area contributed by atoms with Gasteiger partial charge in [-0.3, -0.25) is 4.98 Å². The van der Waals surface area contributed by atoms with E-state index in [1.54, 1.807) is 6.20 Å². The van der Waals surface area contributed by atoms with E-state index >= 15 is 0 Å². The highest BCUT2D eigenvalue weighted by atomic mass is 79.9. The molecular formula is C16H17Br2FN2. The van der Waals surface area contributed by atoms with Gasteiger partial charge in [-0.15, -0.1) is 0 Å². The summed E-state index contributed by atoms with van der Waals surface area (Å²) in [5, 5.41) is 3.50. The Hall–Kier alpha value is -0.780. The molecule has 0 aliphatic rings. The van der Waals surface area contributed by atoms with Gasteiger partial charge in [0.2, 0.25) is 0 Å². The number of pyridine rings is 1. The first-order valence-corrected chi connectivity index (χ1v) is 8.34. The van der Waals surface area contributed by atoms with Crippen LogP contribution in [0.2, 0.25) is 0 Å². The van der Waals surface area contributed by atoms with Crippen LogP contribution in [0.25, 0.3) is 0 Å². The number of rotatable bonds is 5. The van der Waals surface area contributed by atoms with Gasteiger partial charge in [0.05, 0.1) is 5.69 Å². The first kappa shape index (κ1) is 16.6. The summed E-state index contributed by atoms with van der Waals surface area (Å²) in [6.07, 6.45) is 1.78. The van der Waals surface area contributed by atoms with Gasteiger partial charge in [0.1, 0.15) is 5.82 Å². The molecule has 1 heterocycles. The van der Waals surface area contributed by atoms with Crippen LogP contribution in [-0.4, -0.2) is 4.98 Å². The summed E-state index contributed by atoms with van der Waals surface area (Å²) < 4.78 is 15.0. The van der Waals surface area contributed by atoms with E-state index in [1.165, 1.54) is 12.1 Å². The molecule has 21 heavy (non-hydrogen) atoms. The highest BCUT2D eigenvalue weighted by molar-refractivity contribution is 9.11. The molecule has 1 aromatic carbocycles. The second-order valence-electron chi connectivity index (χ2n) is 5.24. The molecule has 0 aliphatic carbocycles. The number of hydrogen-bond donors (Lipinski definition) is 1. The van der Waals surface area contributed by atoms with Crippen molar-refractivity contribution in [2.24, 2.45) is 5.92 Å². The highest BCUT2D eigenvalue weighted by Crippen LogP contribution is 2.24. The summed E-state index contributed by atoms with van der Waals surface area (Å²) in [4.78, 5) is 4.40. The van der Waals surface area contributed by atoms with Gasteiger partial charge in [-0.1, -0.05) is 26.0 Å². The molecule has 1 unspecified atom stereocenters. The molecule has 0 amide bonds. The first-order valence-electron chi connectivity index (χ1n) is 6.76. The van der Waals surface area contributed by atoms with Crippen molar-refractivity contribution in [3.05, 3.63) is 62.5 Å². The van der Waals surface area contributed by atoms with Crippen LogP contribution in [0.3, 0.4) is 0 Å². The molecule has 2 rings (SSSR count). The lowest BCUT2D eigenvalue weighted by Crippen LogP contribution is -2.26. The number of nitrogens with one attached hydrogen (secondary N) is 1. The molecule has 0 saturated carbocycles. The van der Waals surface area contributed by atoms with Crippen LogP contribution in [0.5, 0.6) is 0 Å². The van der Waals surface area contributed by atoms with Crippen LogP contribution in [0.15, 0.2) is 45.5 Å². The molecule has 2 nitrogen and oxygen atoms in total. The van der Waals surface area contributed by atoms with Crippen molar-refractivity contribution in [1.82, 2.24) is 10.3 Å². The second kappa shape index (κ2) is 7.47. The quantitative estimate of drug-likeness (QED) is 0.722. The fourth-order valence-corrected chi connectivity index (χ4v) is 3.32. The molecule has 0 aliphatic heterocycles. The largest absolute Gasteiger partial charge is 0.304 e. The summed E-state index contributed by atoms with van der Waals surface area (Å²) >= 11 is 6.91. The van der Waals surface area contributed by atoms with Crippen LogP contribution in [0, 0.1) is 11.7 Å². The van der Waals surface area contributed by atoms with E-state index in [4.69, 9.17) is 0 Å². The third-order valence-corrected chi connectivity index (χ3v) is 4.39. The van der Waals surface area contributed by atoms with E-state index in [0.29, 0.717) is 12.5 Å². The van der Waals surface area contributed by atoms with Gasteiger partial charge in [-0.25, -0.2) is 4.39 Å². The predicted molar refractivity (Wildman–Crippen MR) is 90.5 cm³/mol. The van der Waals surface area contributed by atoms with Crippen LogP contribution in [0.4, 0.5) is 4.39 Å². The van der Waals surface area contributed by atoms with Gasteiger partial charge in [-0.2, -0.15) is 0 Å². The van der Waals surface area contributed by atoms with Gasteiger partial charge in [0.15, 0.2) is 0 Å². The van der Waals surface area contributed by atoms with Crippen molar-refractivity contribution < 1.29 is 4.39 Å². The van der Waals surface area contributed by atoms with Crippen molar-refractivity contribution in [2.75, 3.05) is 0 Å². The molecule has 0 spiro atoms. The summed E-state index contributed by atoms with van der Waals surface area (Å²) in [6, 6.07) is 8.80. The van der Waals surface area contributed by atoms with Crippen molar-refractivity contribution in [2.45, 2.75) is 26.4 Å². The maximum atomic E-state index is 13.1. The summed E-state index contributed by atoms with van der Waals surface area (Å²) in [6.45, 7) is 4.93. The smallest absolute Gasteiger partial charge is 0.123 e. The average Bonchev–Trinajstić information content (AvgIpc) is 2.42. The molecule has 0 radical (unpaired) electrons. The Labute approximate surface area is 141 Å². The zero-order valence-corrected chi connectivity index (χ0v) is 15.1. The summed E-state index contributed by atoms with van der Waals surface area (Å²) in [5.74, 6) is 0.184. The minimum atomic E-state index is -0.210. The van der Waals surface area contributed by atoms with Crippen molar-refractivity contribution in [3.8, 4) is 0 Å². The van der Waals surface area contributed by atoms with Crippen LogP contribution >= 0.6 is 31.9 Å². The normalized spacial score (nSPS) is 12.7. The Bertz CT molecular complexity index is 600. The lowest BCUT2D eigenvalue weighted by molar-refractivity contribution is 0.407. The zero-order valence-electron chi connectivity index (χ0n) is 11.9. The van der Waals surface area contributed by atoms with Crippen LogP contribution in [-0.2, 0) is 6.54 Å². The molecule has 2 aromatic rings. The lowest BCUT2D eigenvalue weighted by Gasteiger charge is -2.23. The molecule has 112 valence electrons. The molecule has 1 N–H and O–H groups in total. The molecular weight excluding hydrogens is 399 g/mol. The molecule has 1 aromatic heterocycles. The zero-order chi connectivity index (χ0) is 15.4. The number of halogens is 3. The fourth-order valence-electron chi connectivity index (χ4n) is 2.19. The second-order valence-corrected chi connectivity index (χ2v) is 7.01. The maximum absolute atomic E-state index is 13.1. The van der Waals surface area contributed by atoms with Gasteiger partial charge in [0.25, 0.3) is 0 Å². The van der Waals surface area contributed by atoms with Crippen LogP contribution < -0.4 is 5.32 Å². The SMILES string of the molecule is CC(C)C(NCc1ncc(Br)cc1Br)c1ccc(F)cc1. The van der Waals surface area contributed by atoms with E-state index in [2.05, 4.69) is 56.0 Å². The molecule has 1 atom stereocenters. The molecule has 5 heteroatoms. The first-order chi connectivity index (χ1) is 9.97. The van der Waals surface area contributed by atoms with E-state index in [-0.39, 0.29) is 11.9 Å². The van der Waals surface area contributed by atoms with Gasteiger partial charge in [-0.05, 0) is 61.5 Å².